The summed E-state index contributed by atoms with van der Waals surface area (Å²) in [5, 5.41) is 12.7. The quantitative estimate of drug-likeness (QED) is 0.499. The molecule has 0 heterocycles. The van der Waals surface area contributed by atoms with E-state index in [-0.39, 0.29) is 12.1 Å². The summed E-state index contributed by atoms with van der Waals surface area (Å²) >= 11 is 0. The summed E-state index contributed by atoms with van der Waals surface area (Å²) in [6.45, 7) is 8.85. The van der Waals surface area contributed by atoms with E-state index in [1.54, 1.807) is 0 Å². The van der Waals surface area contributed by atoms with Crippen LogP contribution in [-0.2, 0) is 4.74 Å². The lowest BCUT2D eigenvalue weighted by atomic mass is 10.1. The second-order valence-corrected chi connectivity index (χ2v) is 5.47. The van der Waals surface area contributed by atoms with Crippen LogP contribution in [0.3, 0.4) is 0 Å². The van der Waals surface area contributed by atoms with Crippen LogP contribution in [0.2, 0.25) is 0 Å². The zero-order valence-electron chi connectivity index (χ0n) is 12.6. The van der Waals surface area contributed by atoms with Crippen LogP contribution in [-0.4, -0.2) is 37.0 Å². The van der Waals surface area contributed by atoms with E-state index >= 15 is 0 Å². The number of hydrogen-bond donors (Lipinski definition) is 2. The molecule has 0 aromatic heterocycles. The highest BCUT2D eigenvalue weighted by atomic mass is 16.5. The Balaban J connectivity index is 3.44. The van der Waals surface area contributed by atoms with Crippen molar-refractivity contribution in [3.8, 4) is 0 Å². The van der Waals surface area contributed by atoms with Crippen molar-refractivity contribution >= 4 is 0 Å². The average molecular weight is 259 g/mol. The molecule has 0 bridgehead atoms. The largest absolute Gasteiger partial charge is 0.394 e. The smallest absolute Gasteiger partial charge is 0.0668 e. The van der Waals surface area contributed by atoms with Crippen molar-refractivity contribution < 1.29 is 9.84 Å². The Bertz CT molecular complexity index is 176. The minimum atomic E-state index is -0.280. The van der Waals surface area contributed by atoms with Crippen LogP contribution in [0, 0.1) is 0 Å². The van der Waals surface area contributed by atoms with Gasteiger partial charge in [0.25, 0.3) is 0 Å². The summed E-state index contributed by atoms with van der Waals surface area (Å²) in [7, 11) is 0. The molecule has 110 valence electrons. The summed E-state index contributed by atoms with van der Waals surface area (Å²) < 4.78 is 5.67. The van der Waals surface area contributed by atoms with Crippen molar-refractivity contribution in [3.05, 3.63) is 0 Å². The first-order valence-electron chi connectivity index (χ1n) is 7.62. The fourth-order valence-electron chi connectivity index (χ4n) is 1.86. The van der Waals surface area contributed by atoms with Crippen molar-refractivity contribution in [3.63, 3.8) is 0 Å². The van der Waals surface area contributed by atoms with E-state index in [4.69, 9.17) is 4.74 Å². The minimum absolute atomic E-state index is 0.128. The van der Waals surface area contributed by atoms with E-state index in [0.29, 0.717) is 6.61 Å². The molecular formula is C15H33NO2. The van der Waals surface area contributed by atoms with Crippen molar-refractivity contribution in [1.29, 1.82) is 0 Å². The van der Waals surface area contributed by atoms with Crippen LogP contribution >= 0.6 is 0 Å². The summed E-state index contributed by atoms with van der Waals surface area (Å²) in [6.07, 6.45) is 8.80. The van der Waals surface area contributed by atoms with Gasteiger partial charge in [-0.2, -0.15) is 0 Å². The number of aliphatic hydroxyl groups excluding tert-OH is 1. The molecule has 1 unspecified atom stereocenters. The van der Waals surface area contributed by atoms with Crippen LogP contribution in [0.4, 0.5) is 0 Å². The van der Waals surface area contributed by atoms with Gasteiger partial charge in [0, 0.05) is 6.61 Å². The van der Waals surface area contributed by atoms with Crippen molar-refractivity contribution in [2.75, 3.05) is 26.4 Å². The molecule has 0 rings (SSSR count). The average Bonchev–Trinajstić information content (AvgIpc) is 2.39. The Hall–Kier alpha value is -0.120. The van der Waals surface area contributed by atoms with E-state index in [1.165, 1.54) is 32.1 Å². The third-order valence-electron chi connectivity index (χ3n) is 3.21. The first-order chi connectivity index (χ1) is 8.68. The molecule has 0 aromatic rings. The summed E-state index contributed by atoms with van der Waals surface area (Å²) in [4.78, 5) is 0. The molecule has 1 atom stereocenters. The maximum Gasteiger partial charge on any atom is 0.0668 e. The normalized spacial score (nSPS) is 14.7. The minimum Gasteiger partial charge on any atom is -0.394 e. The lowest BCUT2D eigenvalue weighted by molar-refractivity contribution is 0.0428. The zero-order valence-corrected chi connectivity index (χ0v) is 12.6. The van der Waals surface area contributed by atoms with Crippen LogP contribution in [0.25, 0.3) is 0 Å². The van der Waals surface area contributed by atoms with Gasteiger partial charge < -0.3 is 15.2 Å². The molecule has 18 heavy (non-hydrogen) atoms. The van der Waals surface area contributed by atoms with Crippen LogP contribution in [0.15, 0.2) is 0 Å². The molecule has 0 fully saturated rings. The third kappa shape index (κ3) is 9.86. The van der Waals surface area contributed by atoms with Gasteiger partial charge in [-0.3, -0.25) is 0 Å². The number of ether oxygens (including phenoxy) is 1. The van der Waals surface area contributed by atoms with Gasteiger partial charge in [0.2, 0.25) is 0 Å². The molecule has 3 nitrogen and oxygen atoms in total. The molecule has 0 aliphatic heterocycles. The zero-order chi connectivity index (χ0) is 13.7. The number of unbranched alkanes of at least 4 members (excludes halogenated alkanes) is 5. The number of aliphatic hydroxyl groups is 1. The highest BCUT2D eigenvalue weighted by Crippen LogP contribution is 2.07. The molecule has 0 spiro atoms. The molecule has 0 aliphatic rings. The monoisotopic (exact) mass is 259 g/mol. The fraction of sp³-hybridized carbons (Fsp3) is 1.00. The SMILES string of the molecule is CCCCCCCCOCC(C)(CO)NCCC. The van der Waals surface area contributed by atoms with Crippen LogP contribution in [0.1, 0.15) is 65.7 Å². The molecule has 3 heteroatoms. The molecule has 0 amide bonds. The van der Waals surface area contributed by atoms with Crippen LogP contribution in [0.5, 0.6) is 0 Å². The lowest BCUT2D eigenvalue weighted by Gasteiger charge is -2.28. The lowest BCUT2D eigenvalue weighted by Crippen LogP contribution is -2.50. The van der Waals surface area contributed by atoms with E-state index < -0.39 is 0 Å². The van der Waals surface area contributed by atoms with E-state index in [2.05, 4.69) is 19.2 Å². The fourth-order valence-corrected chi connectivity index (χ4v) is 1.86. The predicted octanol–water partition coefficient (Wildman–Crippen LogP) is 3.11. The molecule has 0 aliphatic carbocycles. The summed E-state index contributed by atoms with van der Waals surface area (Å²) in [5.74, 6) is 0. The van der Waals surface area contributed by atoms with Gasteiger partial charge in [0.05, 0.1) is 18.8 Å². The van der Waals surface area contributed by atoms with Crippen LogP contribution < -0.4 is 5.32 Å². The van der Waals surface area contributed by atoms with E-state index in [0.717, 1.165) is 26.0 Å². The Kier molecular flexibility index (Phi) is 11.9. The van der Waals surface area contributed by atoms with Gasteiger partial charge in [-0.25, -0.2) is 0 Å². The molecule has 2 N–H and O–H groups in total. The van der Waals surface area contributed by atoms with Gasteiger partial charge in [-0.1, -0.05) is 46.0 Å². The standard InChI is InChI=1S/C15H33NO2/c1-4-6-7-8-9-10-12-18-14-15(3,13-17)16-11-5-2/h16-17H,4-14H2,1-3H3. The van der Waals surface area contributed by atoms with Gasteiger partial charge in [0.1, 0.15) is 0 Å². The van der Waals surface area contributed by atoms with Gasteiger partial charge in [-0.15, -0.1) is 0 Å². The highest BCUT2D eigenvalue weighted by Gasteiger charge is 2.22. The Morgan fingerprint density at radius 2 is 1.67 bits per heavy atom. The Morgan fingerprint density at radius 1 is 1.00 bits per heavy atom. The van der Waals surface area contributed by atoms with E-state index in [9.17, 15) is 5.11 Å². The maximum absolute atomic E-state index is 9.37. The number of hydrogen-bond acceptors (Lipinski definition) is 3. The molecule has 0 aromatic carbocycles. The van der Waals surface area contributed by atoms with Gasteiger partial charge in [-0.05, 0) is 26.3 Å². The first-order valence-corrected chi connectivity index (χ1v) is 7.62. The third-order valence-corrected chi connectivity index (χ3v) is 3.21. The second kappa shape index (κ2) is 11.9. The maximum atomic E-state index is 9.37. The molecule has 0 saturated heterocycles. The van der Waals surface area contributed by atoms with E-state index in [1.807, 2.05) is 6.92 Å². The number of rotatable bonds is 13. The van der Waals surface area contributed by atoms with Gasteiger partial charge in [0.15, 0.2) is 0 Å². The molecular weight excluding hydrogens is 226 g/mol. The topological polar surface area (TPSA) is 41.5 Å². The second-order valence-electron chi connectivity index (χ2n) is 5.47. The molecule has 0 saturated carbocycles. The summed E-state index contributed by atoms with van der Waals surface area (Å²) in [5.41, 5.74) is -0.280. The first kappa shape index (κ1) is 17.9. The van der Waals surface area contributed by atoms with Gasteiger partial charge >= 0.3 is 0 Å². The highest BCUT2D eigenvalue weighted by molar-refractivity contribution is 4.81. The van der Waals surface area contributed by atoms with Crippen molar-refractivity contribution in [1.82, 2.24) is 5.32 Å². The number of nitrogens with one attached hydrogen (secondary N) is 1. The Labute approximate surface area is 113 Å². The predicted molar refractivity (Wildman–Crippen MR) is 78.0 cm³/mol. The van der Waals surface area contributed by atoms with Crippen molar-refractivity contribution in [2.24, 2.45) is 0 Å². The Morgan fingerprint density at radius 3 is 2.28 bits per heavy atom. The van der Waals surface area contributed by atoms with Crippen molar-refractivity contribution in [2.45, 2.75) is 71.3 Å². The summed E-state index contributed by atoms with van der Waals surface area (Å²) in [6, 6.07) is 0. The molecule has 0 radical (unpaired) electrons.